The van der Waals surface area contributed by atoms with Crippen LogP contribution in [0.5, 0.6) is 11.5 Å². The molecule has 27 heavy (non-hydrogen) atoms. The van der Waals surface area contributed by atoms with Gasteiger partial charge in [-0.25, -0.2) is 5.01 Å². The molecule has 2 unspecified atom stereocenters. The Hall–Kier alpha value is -2.92. The topological polar surface area (TPSA) is 47.2 Å². The first-order chi connectivity index (χ1) is 13.2. The van der Waals surface area contributed by atoms with Crippen LogP contribution in [-0.4, -0.2) is 17.8 Å². The first-order valence-electron chi connectivity index (χ1n) is 8.72. The highest BCUT2D eigenvalue weighted by Gasteiger charge is 2.41. The van der Waals surface area contributed by atoms with Crippen molar-refractivity contribution in [3.63, 3.8) is 0 Å². The minimum Gasteiger partial charge on any atom is -0.497 e. The first kappa shape index (κ1) is 16.3. The second-order valence-corrected chi connectivity index (χ2v) is 6.99. The van der Waals surface area contributed by atoms with Crippen molar-refractivity contribution in [2.45, 2.75) is 18.7 Å². The molecule has 0 saturated heterocycles. The lowest BCUT2D eigenvalue weighted by Crippen LogP contribution is -2.33. The average molecular weight is 381 g/mol. The van der Waals surface area contributed by atoms with Gasteiger partial charge in [0, 0.05) is 22.6 Å². The summed E-state index contributed by atoms with van der Waals surface area (Å²) in [4.78, 5) is 0. The molecule has 5 rings (SSSR count). The number of ether oxygens (including phenoxy) is 2. The molecule has 136 valence electrons. The molecule has 0 fully saturated rings. The van der Waals surface area contributed by atoms with Gasteiger partial charge >= 0.3 is 0 Å². The third-order valence-electron chi connectivity index (χ3n) is 4.94. The van der Waals surface area contributed by atoms with Crippen LogP contribution in [0.2, 0.25) is 5.02 Å². The average Bonchev–Trinajstić information content (AvgIpc) is 3.37. The van der Waals surface area contributed by atoms with E-state index in [4.69, 9.17) is 30.6 Å². The molecule has 0 aliphatic carbocycles. The summed E-state index contributed by atoms with van der Waals surface area (Å²) < 4.78 is 17.3. The van der Waals surface area contributed by atoms with Gasteiger partial charge in [0.15, 0.2) is 0 Å². The summed E-state index contributed by atoms with van der Waals surface area (Å²) in [6.45, 7) is 0. The van der Waals surface area contributed by atoms with Crippen LogP contribution in [0.4, 0.5) is 0 Å². The Morgan fingerprint density at radius 2 is 2.07 bits per heavy atom. The quantitative estimate of drug-likeness (QED) is 0.627. The number of fused-ring (bicyclic) bond motifs is 3. The van der Waals surface area contributed by atoms with E-state index in [-0.39, 0.29) is 12.3 Å². The van der Waals surface area contributed by atoms with Crippen molar-refractivity contribution in [2.24, 2.45) is 5.10 Å². The third kappa shape index (κ3) is 2.75. The lowest BCUT2D eigenvalue weighted by Gasteiger charge is -2.38. The third-order valence-corrected chi connectivity index (χ3v) is 5.17. The highest BCUT2D eigenvalue weighted by molar-refractivity contribution is 6.30. The fraction of sp³-hybridized carbons (Fsp3) is 0.190. The van der Waals surface area contributed by atoms with Gasteiger partial charge in [-0.05, 0) is 42.5 Å². The summed E-state index contributed by atoms with van der Waals surface area (Å²) in [6.07, 6.45) is 2.03. The maximum absolute atomic E-state index is 6.33. The predicted molar refractivity (Wildman–Crippen MR) is 102 cm³/mol. The molecule has 2 atom stereocenters. The van der Waals surface area contributed by atoms with Crippen LogP contribution in [0.25, 0.3) is 0 Å². The highest BCUT2D eigenvalue weighted by atomic mass is 35.5. The summed E-state index contributed by atoms with van der Waals surface area (Å²) in [7, 11) is 1.66. The standard InChI is InChI=1S/C21H17ClN2O3/c1-25-15-5-2-4-13(10-15)21-24-18(12-17(23-24)20-6-3-9-26-20)16-11-14(22)7-8-19(16)27-21/h2-11,18,21H,12H2,1H3. The zero-order chi connectivity index (χ0) is 18.4. The Bertz CT molecular complexity index is 1020. The molecule has 0 saturated carbocycles. The Morgan fingerprint density at radius 3 is 2.89 bits per heavy atom. The SMILES string of the molecule is COc1cccc(C2Oc3ccc(Cl)cc3C3CC(c4ccco4)=NN32)c1. The monoisotopic (exact) mass is 380 g/mol. The van der Waals surface area contributed by atoms with E-state index >= 15 is 0 Å². The van der Waals surface area contributed by atoms with Gasteiger partial charge in [-0.1, -0.05) is 23.7 Å². The lowest BCUT2D eigenvalue weighted by atomic mass is 9.97. The maximum Gasteiger partial charge on any atom is 0.214 e. The fourth-order valence-corrected chi connectivity index (χ4v) is 3.85. The van der Waals surface area contributed by atoms with E-state index in [1.165, 1.54) is 0 Å². The van der Waals surface area contributed by atoms with E-state index in [0.29, 0.717) is 5.02 Å². The molecule has 2 aromatic carbocycles. The van der Waals surface area contributed by atoms with Gasteiger partial charge in [-0.2, -0.15) is 5.10 Å². The lowest BCUT2D eigenvalue weighted by molar-refractivity contribution is -0.0191. The van der Waals surface area contributed by atoms with Crippen molar-refractivity contribution >= 4 is 17.3 Å². The molecule has 1 aromatic heterocycles. The van der Waals surface area contributed by atoms with E-state index in [1.54, 1.807) is 13.4 Å². The number of furan rings is 1. The van der Waals surface area contributed by atoms with Crippen molar-refractivity contribution < 1.29 is 13.9 Å². The normalized spacial score (nSPS) is 20.5. The second kappa shape index (κ2) is 6.35. The summed E-state index contributed by atoms with van der Waals surface area (Å²) in [5.41, 5.74) is 2.91. The van der Waals surface area contributed by atoms with Crippen molar-refractivity contribution in [3.05, 3.63) is 82.8 Å². The van der Waals surface area contributed by atoms with E-state index in [0.717, 1.165) is 40.5 Å². The van der Waals surface area contributed by atoms with Gasteiger partial charge in [-0.15, -0.1) is 0 Å². The van der Waals surface area contributed by atoms with Gasteiger partial charge in [0.2, 0.25) is 6.23 Å². The molecular weight excluding hydrogens is 364 g/mol. The van der Waals surface area contributed by atoms with Crippen molar-refractivity contribution in [1.29, 1.82) is 0 Å². The summed E-state index contributed by atoms with van der Waals surface area (Å²) in [6, 6.07) is 17.4. The Balaban J connectivity index is 1.61. The van der Waals surface area contributed by atoms with Crippen molar-refractivity contribution in [2.75, 3.05) is 7.11 Å². The Kier molecular flexibility index (Phi) is 3.83. The van der Waals surface area contributed by atoms with Crippen LogP contribution in [0.15, 0.2) is 70.4 Å². The minimum atomic E-state index is -0.355. The van der Waals surface area contributed by atoms with Gasteiger partial charge in [0.1, 0.15) is 23.0 Å². The van der Waals surface area contributed by atoms with Crippen LogP contribution in [0.1, 0.15) is 35.6 Å². The molecule has 5 nitrogen and oxygen atoms in total. The van der Waals surface area contributed by atoms with E-state index in [2.05, 4.69) is 0 Å². The molecule has 0 radical (unpaired) electrons. The number of methoxy groups -OCH3 is 1. The van der Waals surface area contributed by atoms with Crippen molar-refractivity contribution in [3.8, 4) is 11.5 Å². The molecule has 2 aliphatic rings. The van der Waals surface area contributed by atoms with Gasteiger partial charge in [-0.3, -0.25) is 0 Å². The van der Waals surface area contributed by atoms with E-state index in [9.17, 15) is 0 Å². The van der Waals surface area contributed by atoms with Gasteiger partial charge in [0.05, 0.1) is 19.4 Å². The second-order valence-electron chi connectivity index (χ2n) is 6.55. The highest BCUT2D eigenvalue weighted by Crippen LogP contribution is 2.48. The van der Waals surface area contributed by atoms with Crippen molar-refractivity contribution in [1.82, 2.24) is 5.01 Å². The number of hydrogen-bond acceptors (Lipinski definition) is 5. The molecule has 3 aromatic rings. The molecule has 0 bridgehead atoms. The van der Waals surface area contributed by atoms with E-state index in [1.807, 2.05) is 59.6 Å². The Morgan fingerprint density at radius 1 is 1.15 bits per heavy atom. The molecule has 0 spiro atoms. The minimum absolute atomic E-state index is 0.0313. The summed E-state index contributed by atoms with van der Waals surface area (Å²) >= 11 is 6.25. The Labute approximate surface area is 161 Å². The first-order valence-corrected chi connectivity index (χ1v) is 9.10. The van der Waals surface area contributed by atoms with Crippen LogP contribution >= 0.6 is 11.6 Å². The van der Waals surface area contributed by atoms with Crippen LogP contribution in [-0.2, 0) is 0 Å². The zero-order valence-electron chi connectivity index (χ0n) is 14.6. The number of benzene rings is 2. The number of hydrazone groups is 1. The van der Waals surface area contributed by atoms with Crippen LogP contribution in [0.3, 0.4) is 0 Å². The summed E-state index contributed by atoms with van der Waals surface area (Å²) in [5.74, 6) is 2.38. The number of rotatable bonds is 3. The molecular formula is C21H17ClN2O3. The zero-order valence-corrected chi connectivity index (χ0v) is 15.4. The molecule has 0 amide bonds. The molecule has 6 heteroatoms. The smallest absolute Gasteiger partial charge is 0.214 e. The molecule has 3 heterocycles. The van der Waals surface area contributed by atoms with Gasteiger partial charge in [0.25, 0.3) is 0 Å². The van der Waals surface area contributed by atoms with Crippen LogP contribution < -0.4 is 9.47 Å². The largest absolute Gasteiger partial charge is 0.497 e. The predicted octanol–water partition coefficient (Wildman–Crippen LogP) is 5.18. The van der Waals surface area contributed by atoms with Gasteiger partial charge < -0.3 is 13.9 Å². The maximum atomic E-state index is 6.33. The summed E-state index contributed by atoms with van der Waals surface area (Å²) in [5, 5.41) is 7.52. The van der Waals surface area contributed by atoms with Crippen LogP contribution in [0, 0.1) is 0 Å². The molecule has 0 N–H and O–H groups in total. The number of halogens is 1. The number of hydrogen-bond donors (Lipinski definition) is 0. The van der Waals surface area contributed by atoms with E-state index < -0.39 is 0 Å². The number of nitrogens with zero attached hydrogens (tertiary/aromatic N) is 2. The fourth-order valence-electron chi connectivity index (χ4n) is 3.66. The molecule has 2 aliphatic heterocycles.